The van der Waals surface area contributed by atoms with E-state index < -0.39 is 42.3 Å². The Bertz CT molecular complexity index is 946. The summed E-state index contributed by atoms with van der Waals surface area (Å²) < 4.78 is 23.3. The Kier molecular flexibility index (Phi) is 6.45. The minimum absolute atomic E-state index is 0.0992. The highest BCUT2D eigenvalue weighted by molar-refractivity contribution is 5.81. The Hall–Kier alpha value is -3.28. The van der Waals surface area contributed by atoms with Crippen molar-refractivity contribution in [3.8, 4) is 0 Å². The third kappa shape index (κ3) is 4.48. The quantitative estimate of drug-likeness (QED) is 0.486. The summed E-state index contributed by atoms with van der Waals surface area (Å²) >= 11 is 0. The van der Waals surface area contributed by atoms with E-state index in [1.54, 1.807) is 11.5 Å². The highest BCUT2D eigenvalue weighted by Gasteiger charge is 2.49. The van der Waals surface area contributed by atoms with Crippen LogP contribution < -0.4 is 5.73 Å². The van der Waals surface area contributed by atoms with Gasteiger partial charge < -0.3 is 24.7 Å². The Morgan fingerprint density at radius 2 is 1.93 bits per heavy atom. The number of esters is 3. The van der Waals surface area contributed by atoms with Crippen LogP contribution in [0, 0.1) is 5.92 Å². The van der Waals surface area contributed by atoms with Crippen LogP contribution in [0.15, 0.2) is 12.7 Å². The van der Waals surface area contributed by atoms with Crippen molar-refractivity contribution < 1.29 is 33.3 Å². The average molecular weight is 421 g/mol. The normalized spacial score (nSPS) is 23.3. The molecule has 0 saturated carbocycles. The van der Waals surface area contributed by atoms with Crippen molar-refractivity contribution in [3.63, 3.8) is 0 Å². The van der Waals surface area contributed by atoms with Gasteiger partial charge in [0.1, 0.15) is 24.6 Å². The zero-order chi connectivity index (χ0) is 21.8. The van der Waals surface area contributed by atoms with Crippen LogP contribution in [0.4, 0.5) is 5.82 Å². The Morgan fingerprint density at radius 3 is 2.60 bits per heavy atom. The highest BCUT2D eigenvalue weighted by Crippen LogP contribution is 2.40. The maximum atomic E-state index is 12.2. The Balaban J connectivity index is 1.99. The van der Waals surface area contributed by atoms with E-state index in [2.05, 4.69) is 15.0 Å². The average Bonchev–Trinajstić information content (AvgIpc) is 3.23. The smallest absolute Gasteiger partial charge is 0.306 e. The van der Waals surface area contributed by atoms with Gasteiger partial charge in [0.05, 0.1) is 19.4 Å². The molecule has 2 aromatic heterocycles. The number of hydrogen-bond donors (Lipinski definition) is 1. The summed E-state index contributed by atoms with van der Waals surface area (Å²) in [5.74, 6) is -2.00. The van der Waals surface area contributed by atoms with Crippen molar-refractivity contribution in [1.29, 1.82) is 0 Å². The summed E-state index contributed by atoms with van der Waals surface area (Å²) in [4.78, 5) is 47.6. The van der Waals surface area contributed by atoms with E-state index in [-0.39, 0.29) is 25.5 Å². The molecule has 1 aliphatic heterocycles. The van der Waals surface area contributed by atoms with Crippen LogP contribution >= 0.6 is 0 Å². The molecule has 0 radical (unpaired) electrons. The first kappa shape index (κ1) is 21.4. The van der Waals surface area contributed by atoms with Gasteiger partial charge in [-0.2, -0.15) is 0 Å². The number of nitrogen functional groups attached to an aromatic ring is 1. The Morgan fingerprint density at radius 1 is 1.17 bits per heavy atom. The first-order valence-corrected chi connectivity index (χ1v) is 9.36. The van der Waals surface area contributed by atoms with Crippen LogP contribution in [-0.4, -0.2) is 62.8 Å². The van der Waals surface area contributed by atoms with Gasteiger partial charge in [0.2, 0.25) is 0 Å². The van der Waals surface area contributed by atoms with E-state index in [1.165, 1.54) is 26.5 Å². The third-order valence-corrected chi connectivity index (χ3v) is 4.62. The number of carbonyl (C=O) groups excluding carboxylic acids is 3. The van der Waals surface area contributed by atoms with E-state index in [0.717, 1.165) is 0 Å². The number of nitrogens with two attached hydrogens (primary N) is 1. The summed E-state index contributed by atoms with van der Waals surface area (Å²) in [6, 6.07) is 0. The van der Waals surface area contributed by atoms with Gasteiger partial charge in [0.15, 0.2) is 23.8 Å². The molecule has 162 valence electrons. The SMILES string of the molecule is CCOC(=O)C[C@H]1[C@@H](OC(C)=O)[C@H](n2cnc3c(N)ncnc32)O[C@@H]1COC(C)=O. The van der Waals surface area contributed by atoms with Crippen LogP contribution in [0.5, 0.6) is 0 Å². The standard InChI is InChI=1S/C18H23N5O7/c1-4-27-13(26)5-11-12(6-28-9(2)24)30-18(15(11)29-10(3)25)23-8-22-14-16(19)20-7-21-17(14)23/h7-8,11-12,15,18H,4-6H2,1-3H3,(H2,19,20,21)/t11-,12-,15-,18-/m1/s1. The summed E-state index contributed by atoms with van der Waals surface area (Å²) in [6.07, 6.45) is 0.112. The van der Waals surface area contributed by atoms with Crippen LogP contribution in [0.1, 0.15) is 33.4 Å². The number of nitrogens with zero attached hydrogens (tertiary/aromatic N) is 4. The molecule has 2 aromatic rings. The van der Waals surface area contributed by atoms with E-state index >= 15 is 0 Å². The molecule has 30 heavy (non-hydrogen) atoms. The zero-order valence-electron chi connectivity index (χ0n) is 16.8. The minimum atomic E-state index is -0.888. The lowest BCUT2D eigenvalue weighted by molar-refractivity contribution is -0.156. The fourth-order valence-electron chi connectivity index (χ4n) is 3.42. The van der Waals surface area contributed by atoms with Crippen LogP contribution in [-0.2, 0) is 33.3 Å². The summed E-state index contributed by atoms with van der Waals surface area (Å²) in [6.45, 7) is 4.28. The van der Waals surface area contributed by atoms with Crippen LogP contribution in [0.25, 0.3) is 11.2 Å². The van der Waals surface area contributed by atoms with Crippen molar-refractivity contribution in [2.75, 3.05) is 18.9 Å². The van der Waals surface area contributed by atoms with Gasteiger partial charge >= 0.3 is 17.9 Å². The number of anilines is 1. The number of ether oxygens (including phenoxy) is 4. The summed E-state index contributed by atoms with van der Waals surface area (Å²) in [5, 5.41) is 0. The highest BCUT2D eigenvalue weighted by atomic mass is 16.6. The molecule has 1 saturated heterocycles. The van der Waals surface area contributed by atoms with Gasteiger partial charge in [-0.25, -0.2) is 15.0 Å². The predicted molar refractivity (Wildman–Crippen MR) is 101 cm³/mol. The van der Waals surface area contributed by atoms with Crippen molar-refractivity contribution >= 4 is 34.9 Å². The molecule has 0 amide bonds. The van der Waals surface area contributed by atoms with Gasteiger partial charge in [-0.1, -0.05) is 0 Å². The van der Waals surface area contributed by atoms with E-state index in [0.29, 0.717) is 11.2 Å². The second-order valence-electron chi connectivity index (χ2n) is 6.70. The molecular weight excluding hydrogens is 398 g/mol. The number of aromatic nitrogens is 4. The van der Waals surface area contributed by atoms with Gasteiger partial charge in [-0.3, -0.25) is 19.0 Å². The minimum Gasteiger partial charge on any atom is -0.466 e. The molecule has 1 fully saturated rings. The fourth-order valence-corrected chi connectivity index (χ4v) is 3.42. The second kappa shape index (κ2) is 9.03. The second-order valence-corrected chi connectivity index (χ2v) is 6.70. The first-order valence-electron chi connectivity index (χ1n) is 9.36. The van der Waals surface area contributed by atoms with Crippen LogP contribution in [0.2, 0.25) is 0 Å². The third-order valence-electron chi connectivity index (χ3n) is 4.62. The number of carbonyl (C=O) groups is 3. The maximum Gasteiger partial charge on any atom is 0.306 e. The van der Waals surface area contributed by atoms with Crippen molar-refractivity contribution in [2.45, 2.75) is 45.6 Å². The monoisotopic (exact) mass is 421 g/mol. The molecule has 0 spiro atoms. The van der Waals surface area contributed by atoms with Gasteiger partial charge in [-0.05, 0) is 6.92 Å². The molecule has 2 N–H and O–H groups in total. The van der Waals surface area contributed by atoms with E-state index in [9.17, 15) is 14.4 Å². The first-order chi connectivity index (χ1) is 14.3. The van der Waals surface area contributed by atoms with Gasteiger partial charge in [0, 0.05) is 19.8 Å². The summed E-state index contributed by atoms with van der Waals surface area (Å²) in [5.41, 5.74) is 6.57. The van der Waals surface area contributed by atoms with Crippen molar-refractivity contribution in [3.05, 3.63) is 12.7 Å². The summed E-state index contributed by atoms with van der Waals surface area (Å²) in [7, 11) is 0. The molecule has 1 aliphatic rings. The van der Waals surface area contributed by atoms with Gasteiger partial charge in [0.25, 0.3) is 0 Å². The predicted octanol–water partition coefficient (Wildman–Crippen LogP) is 0.370. The molecular formula is C18H23N5O7. The number of fused-ring (bicyclic) bond motifs is 1. The molecule has 4 atom stereocenters. The van der Waals surface area contributed by atoms with Crippen LogP contribution in [0.3, 0.4) is 0 Å². The zero-order valence-corrected chi connectivity index (χ0v) is 16.8. The molecule has 0 aromatic carbocycles. The molecule has 3 rings (SSSR count). The molecule has 12 heteroatoms. The number of rotatable bonds is 7. The van der Waals surface area contributed by atoms with Gasteiger partial charge in [-0.15, -0.1) is 0 Å². The molecule has 0 bridgehead atoms. The molecule has 0 unspecified atom stereocenters. The van der Waals surface area contributed by atoms with Crippen molar-refractivity contribution in [1.82, 2.24) is 19.5 Å². The lowest BCUT2D eigenvalue weighted by Crippen LogP contribution is -2.34. The number of hydrogen-bond acceptors (Lipinski definition) is 11. The molecule has 0 aliphatic carbocycles. The molecule has 12 nitrogen and oxygen atoms in total. The lowest BCUT2D eigenvalue weighted by Gasteiger charge is -2.23. The lowest BCUT2D eigenvalue weighted by atomic mass is 9.94. The topological polar surface area (TPSA) is 158 Å². The number of imidazole rings is 1. The van der Waals surface area contributed by atoms with E-state index in [4.69, 9.17) is 24.7 Å². The maximum absolute atomic E-state index is 12.2. The van der Waals surface area contributed by atoms with Crippen molar-refractivity contribution in [2.24, 2.45) is 5.92 Å². The largest absolute Gasteiger partial charge is 0.466 e. The molecule has 3 heterocycles. The van der Waals surface area contributed by atoms with E-state index in [1.807, 2.05) is 0 Å². The fraction of sp³-hybridized carbons (Fsp3) is 0.556. The Labute approximate surface area is 171 Å².